The van der Waals surface area contributed by atoms with Crippen molar-refractivity contribution in [3.8, 4) is 0 Å². The fourth-order valence-electron chi connectivity index (χ4n) is 0. The second kappa shape index (κ2) is 17.1. The molecule has 0 aromatic heterocycles. The number of hydrogen-bond donors (Lipinski definition) is 0. The second-order valence-corrected chi connectivity index (χ2v) is 0. The van der Waals surface area contributed by atoms with E-state index in [1.165, 1.54) is 0 Å². The van der Waals surface area contributed by atoms with Crippen molar-refractivity contribution in [2.24, 2.45) is 0 Å². The minimum absolute atomic E-state index is 0. The molecule has 0 aromatic carbocycles. The zero-order valence-corrected chi connectivity index (χ0v) is 8.44. The van der Waals surface area contributed by atoms with E-state index < -0.39 is 0 Å². The first kappa shape index (κ1) is 29.5. The van der Waals surface area contributed by atoms with Gasteiger partial charge in [-0.25, -0.2) is 0 Å². The summed E-state index contributed by atoms with van der Waals surface area (Å²) in [6.45, 7) is 0. The Morgan fingerprint density at radius 1 is 1.25 bits per heavy atom. The molecule has 0 amide bonds. The number of rotatable bonds is 0. The van der Waals surface area contributed by atoms with Crippen LogP contribution in [0.2, 0.25) is 0 Å². The molecule has 0 spiro atoms. The Morgan fingerprint density at radius 2 is 1.25 bits per heavy atom. The molecular formula is H2MgMoTiV. The normalized spacial score (nSPS) is 0. The zero-order valence-electron chi connectivity index (χ0n) is 4.06. The molecule has 0 atom stereocenters. The maximum atomic E-state index is 0. The van der Waals surface area contributed by atoms with E-state index in [0.29, 0.717) is 0 Å². The van der Waals surface area contributed by atoms with Crippen LogP contribution in [0.15, 0.2) is 0 Å². The predicted molar refractivity (Wildman–Crippen MR) is 7.98 cm³/mol. The minimum atomic E-state index is 0. The zero-order chi connectivity index (χ0) is 0. The Hall–Kier alpha value is 2.75. The molecule has 1 radical (unpaired) electrons. The monoisotopic (exact) mass is 223 g/mol. The van der Waals surface area contributed by atoms with Crippen molar-refractivity contribution < 1.29 is 64.2 Å². The summed E-state index contributed by atoms with van der Waals surface area (Å²) >= 11 is 0. The maximum Gasteiger partial charge on any atom is 2.00 e. The van der Waals surface area contributed by atoms with Crippen LogP contribution >= 0.6 is 0 Å². The van der Waals surface area contributed by atoms with Crippen LogP contribution in [0.3, 0.4) is 0 Å². The largest absolute Gasteiger partial charge is 2.00 e. The van der Waals surface area contributed by atoms with Gasteiger partial charge in [-0.2, -0.15) is 0 Å². The Labute approximate surface area is 86.0 Å². The maximum absolute atomic E-state index is 0. The van der Waals surface area contributed by atoms with Crippen LogP contribution in [0.25, 0.3) is 0 Å². The molecule has 0 saturated heterocycles. The smallest absolute Gasteiger partial charge is 1.00 e. The Balaban J connectivity index is 0. The topological polar surface area (TPSA) is 0 Å². The van der Waals surface area contributed by atoms with Gasteiger partial charge in [0.25, 0.3) is 0 Å². The summed E-state index contributed by atoms with van der Waals surface area (Å²) in [7, 11) is 0. The van der Waals surface area contributed by atoms with Gasteiger partial charge in [0.15, 0.2) is 0 Å². The standard InChI is InChI=1S/Mg.Mo.Ti.V.2H/q+2;;;;2*-1. The number of hydrogen-bond acceptors (Lipinski definition) is 0. The van der Waals surface area contributed by atoms with Gasteiger partial charge in [-0.05, 0) is 0 Å². The van der Waals surface area contributed by atoms with Crippen molar-refractivity contribution in [1.82, 2.24) is 0 Å². The van der Waals surface area contributed by atoms with Crippen LogP contribution in [0.1, 0.15) is 2.85 Å². The molecule has 0 nitrogen and oxygen atoms in total. The Kier molecular flexibility index (Phi) is 126. The van der Waals surface area contributed by atoms with Crippen LogP contribution in [0, 0.1) is 0 Å². The van der Waals surface area contributed by atoms with E-state index >= 15 is 0 Å². The summed E-state index contributed by atoms with van der Waals surface area (Å²) in [5.41, 5.74) is 0. The van der Waals surface area contributed by atoms with Gasteiger partial charge in [0.05, 0.1) is 0 Å². The molecule has 0 rings (SSSR count). The molecule has 0 heterocycles. The summed E-state index contributed by atoms with van der Waals surface area (Å²) < 4.78 is 0. The van der Waals surface area contributed by atoms with E-state index in [1.807, 2.05) is 0 Å². The van der Waals surface area contributed by atoms with E-state index in [2.05, 4.69) is 0 Å². The van der Waals surface area contributed by atoms with Crippen molar-refractivity contribution in [2.75, 3.05) is 0 Å². The summed E-state index contributed by atoms with van der Waals surface area (Å²) in [6, 6.07) is 0. The SMILES string of the molecule is [H-].[H-].[Mg+2].[Mo].[Ti].[V]. The molecule has 4 heteroatoms. The van der Waals surface area contributed by atoms with E-state index in [0.717, 1.165) is 0 Å². The van der Waals surface area contributed by atoms with Gasteiger partial charge in [0, 0.05) is 61.3 Å². The van der Waals surface area contributed by atoms with Crippen molar-refractivity contribution in [2.45, 2.75) is 0 Å². The van der Waals surface area contributed by atoms with Gasteiger partial charge in [-0.1, -0.05) is 0 Å². The van der Waals surface area contributed by atoms with Crippen molar-refractivity contribution >= 4 is 23.1 Å². The van der Waals surface area contributed by atoms with Crippen LogP contribution in [0.4, 0.5) is 0 Å². The van der Waals surface area contributed by atoms with E-state index in [1.54, 1.807) is 0 Å². The van der Waals surface area contributed by atoms with Crippen molar-refractivity contribution in [3.05, 3.63) is 0 Å². The van der Waals surface area contributed by atoms with Crippen molar-refractivity contribution in [1.29, 1.82) is 0 Å². The molecular weight excluding hydrogens is 219 g/mol. The van der Waals surface area contributed by atoms with E-state index in [9.17, 15) is 0 Å². The molecule has 0 fully saturated rings. The van der Waals surface area contributed by atoms with Gasteiger partial charge >= 0.3 is 23.1 Å². The molecule has 0 saturated carbocycles. The second-order valence-electron chi connectivity index (χ2n) is 0. The molecule has 0 aliphatic carbocycles. The summed E-state index contributed by atoms with van der Waals surface area (Å²) in [6.07, 6.45) is 0. The third kappa shape index (κ3) is 8.83. The van der Waals surface area contributed by atoms with Gasteiger partial charge in [-0.15, -0.1) is 0 Å². The third-order valence-corrected chi connectivity index (χ3v) is 0. The van der Waals surface area contributed by atoms with Gasteiger partial charge in [0.1, 0.15) is 0 Å². The van der Waals surface area contributed by atoms with Crippen LogP contribution in [-0.4, -0.2) is 23.1 Å². The Bertz CT molecular complexity index is 13.5. The molecule has 0 unspecified atom stereocenters. The third-order valence-electron chi connectivity index (χ3n) is 0. The summed E-state index contributed by atoms with van der Waals surface area (Å²) in [4.78, 5) is 0. The first-order valence-electron chi connectivity index (χ1n) is 0. The Morgan fingerprint density at radius 3 is 1.25 bits per heavy atom. The first-order chi connectivity index (χ1) is 0. The van der Waals surface area contributed by atoms with E-state index in [4.69, 9.17) is 0 Å². The minimum Gasteiger partial charge on any atom is -1.00 e. The van der Waals surface area contributed by atoms with Crippen molar-refractivity contribution in [3.63, 3.8) is 0 Å². The molecule has 0 N–H and O–H groups in total. The molecule has 0 aliphatic heterocycles. The summed E-state index contributed by atoms with van der Waals surface area (Å²) in [5.74, 6) is 0. The predicted octanol–water partition coefficient (Wildman–Crippen LogP) is -0.163. The first-order valence-corrected chi connectivity index (χ1v) is 0. The van der Waals surface area contributed by atoms with E-state index in [-0.39, 0.29) is 87.2 Å². The average Bonchev–Trinajstić information content (AvgIpc) is 0. The van der Waals surface area contributed by atoms with Crippen LogP contribution < -0.4 is 0 Å². The fraction of sp³-hybridized carbons (Fsp3) is 0. The van der Waals surface area contributed by atoms with Gasteiger partial charge in [-0.3, -0.25) is 0 Å². The summed E-state index contributed by atoms with van der Waals surface area (Å²) in [5, 5.41) is 0. The molecule has 0 aromatic rings. The molecule has 0 aliphatic rings. The molecule has 0 bridgehead atoms. The van der Waals surface area contributed by atoms with Crippen LogP contribution in [-0.2, 0) is 61.3 Å². The fourth-order valence-corrected chi connectivity index (χ4v) is 0. The average molecular weight is 221 g/mol. The molecule has 19 valence electrons. The van der Waals surface area contributed by atoms with Gasteiger partial charge < -0.3 is 2.85 Å². The van der Waals surface area contributed by atoms with Crippen LogP contribution in [0.5, 0.6) is 0 Å². The molecule has 4 heavy (non-hydrogen) atoms. The van der Waals surface area contributed by atoms with Gasteiger partial charge in [0.2, 0.25) is 0 Å². The quantitative estimate of drug-likeness (QED) is 0.498.